The van der Waals surface area contributed by atoms with Crippen molar-refractivity contribution in [2.24, 2.45) is 10.7 Å². The van der Waals surface area contributed by atoms with E-state index in [1.165, 1.54) is 31.2 Å². The van der Waals surface area contributed by atoms with Gasteiger partial charge in [0, 0.05) is 24.7 Å². The van der Waals surface area contributed by atoms with Crippen LogP contribution in [0, 0.1) is 0 Å². The van der Waals surface area contributed by atoms with Crippen LogP contribution in [0.3, 0.4) is 0 Å². The van der Waals surface area contributed by atoms with Crippen LogP contribution in [0.5, 0.6) is 0 Å². The average Bonchev–Trinajstić information content (AvgIpc) is 2.82. The monoisotopic (exact) mass is 410 g/mol. The first-order valence-electron chi connectivity index (χ1n) is 7.72. The molecule has 1 aromatic carbocycles. The van der Waals surface area contributed by atoms with Crippen LogP contribution < -0.4 is 5.73 Å². The molecule has 1 aliphatic heterocycles. The maximum Gasteiger partial charge on any atom is 0.191 e. The molecule has 2 N–H and O–H groups in total. The summed E-state index contributed by atoms with van der Waals surface area (Å²) in [7, 11) is 0. The number of halogens is 1. The SMILES string of the molecule is I.NC(=NCc1ccnc2ccccc12)N1CCCCCC1. The zero-order chi connectivity index (χ0) is 14.5. The number of nitrogens with two attached hydrogens (primary N) is 1. The number of rotatable bonds is 2. The molecule has 1 aromatic heterocycles. The third-order valence-corrected chi connectivity index (χ3v) is 4.08. The molecule has 3 rings (SSSR count). The van der Waals surface area contributed by atoms with Crippen LogP contribution in [0.15, 0.2) is 41.5 Å². The number of aliphatic imine (C=N–C) groups is 1. The van der Waals surface area contributed by atoms with Gasteiger partial charge < -0.3 is 10.6 Å². The van der Waals surface area contributed by atoms with E-state index in [2.05, 4.69) is 20.9 Å². The first kappa shape index (κ1) is 17.0. The van der Waals surface area contributed by atoms with Gasteiger partial charge in [-0.15, -0.1) is 24.0 Å². The van der Waals surface area contributed by atoms with Crippen LogP contribution in [0.1, 0.15) is 31.2 Å². The Bertz CT molecular complexity index is 628. The van der Waals surface area contributed by atoms with E-state index in [0.717, 1.165) is 24.0 Å². The summed E-state index contributed by atoms with van der Waals surface area (Å²) in [6, 6.07) is 10.2. The van der Waals surface area contributed by atoms with E-state index in [1.54, 1.807) is 0 Å². The fourth-order valence-electron chi connectivity index (χ4n) is 2.86. The normalized spacial score (nSPS) is 16.2. The van der Waals surface area contributed by atoms with Crippen molar-refractivity contribution in [2.45, 2.75) is 32.2 Å². The van der Waals surface area contributed by atoms with Crippen molar-refractivity contribution in [3.05, 3.63) is 42.1 Å². The molecule has 0 aliphatic carbocycles. The molecule has 0 atom stereocenters. The predicted molar refractivity (Wildman–Crippen MR) is 103 cm³/mol. The van der Waals surface area contributed by atoms with E-state index in [0.29, 0.717) is 12.5 Å². The first-order valence-corrected chi connectivity index (χ1v) is 7.72. The Labute approximate surface area is 148 Å². The van der Waals surface area contributed by atoms with Crippen LogP contribution in [-0.2, 0) is 6.54 Å². The molecule has 2 aromatic rings. The van der Waals surface area contributed by atoms with Crippen molar-refractivity contribution in [2.75, 3.05) is 13.1 Å². The van der Waals surface area contributed by atoms with E-state index in [9.17, 15) is 0 Å². The molecule has 1 saturated heterocycles. The molecule has 4 nitrogen and oxygen atoms in total. The zero-order valence-corrected chi connectivity index (χ0v) is 15.1. The van der Waals surface area contributed by atoms with E-state index >= 15 is 0 Å². The fraction of sp³-hybridized carbons (Fsp3) is 0.412. The number of hydrogen-bond donors (Lipinski definition) is 1. The Hall–Kier alpha value is -1.37. The van der Waals surface area contributed by atoms with E-state index in [1.807, 2.05) is 30.5 Å². The van der Waals surface area contributed by atoms with Gasteiger partial charge in [0.2, 0.25) is 0 Å². The quantitative estimate of drug-likeness (QED) is 0.468. The van der Waals surface area contributed by atoms with Gasteiger partial charge in [0.05, 0.1) is 12.1 Å². The number of hydrogen-bond acceptors (Lipinski definition) is 2. The lowest BCUT2D eigenvalue weighted by Gasteiger charge is -2.21. The highest BCUT2D eigenvalue weighted by atomic mass is 127. The lowest BCUT2D eigenvalue weighted by molar-refractivity contribution is 0.428. The van der Waals surface area contributed by atoms with Crippen LogP contribution in [0.25, 0.3) is 10.9 Å². The number of guanidine groups is 1. The lowest BCUT2D eigenvalue weighted by atomic mass is 10.1. The van der Waals surface area contributed by atoms with Crippen LogP contribution in [0.4, 0.5) is 0 Å². The number of pyridine rings is 1. The standard InChI is InChI=1S/C17H22N4.HI/c18-17(21-11-5-1-2-6-12-21)20-13-14-9-10-19-16-8-4-3-7-15(14)16;/h3-4,7-10H,1-2,5-6,11-13H2,(H2,18,20);1H. The van der Waals surface area contributed by atoms with Crippen molar-refractivity contribution in [1.29, 1.82) is 0 Å². The van der Waals surface area contributed by atoms with Crippen molar-refractivity contribution in [1.82, 2.24) is 9.88 Å². The summed E-state index contributed by atoms with van der Waals surface area (Å²) in [5, 5.41) is 1.16. The number of para-hydroxylation sites is 1. The number of likely N-dealkylation sites (tertiary alicyclic amines) is 1. The predicted octanol–water partition coefficient (Wildman–Crippen LogP) is 3.54. The maximum atomic E-state index is 6.17. The summed E-state index contributed by atoms with van der Waals surface area (Å²) in [5.41, 5.74) is 8.36. The van der Waals surface area contributed by atoms with Gasteiger partial charge in [0.25, 0.3) is 0 Å². The van der Waals surface area contributed by atoms with Crippen molar-refractivity contribution >= 4 is 40.8 Å². The highest BCUT2D eigenvalue weighted by Crippen LogP contribution is 2.17. The molecule has 22 heavy (non-hydrogen) atoms. The maximum absolute atomic E-state index is 6.17. The summed E-state index contributed by atoms with van der Waals surface area (Å²) in [6.07, 6.45) is 6.88. The molecule has 0 bridgehead atoms. The minimum absolute atomic E-state index is 0. The summed E-state index contributed by atoms with van der Waals surface area (Å²) in [5.74, 6) is 0.679. The molecule has 5 heteroatoms. The second kappa shape index (κ2) is 8.31. The second-order valence-electron chi connectivity index (χ2n) is 5.56. The summed E-state index contributed by atoms with van der Waals surface area (Å²) < 4.78 is 0. The van der Waals surface area contributed by atoms with Gasteiger partial charge in [-0.3, -0.25) is 4.98 Å². The number of aromatic nitrogens is 1. The van der Waals surface area contributed by atoms with Crippen LogP contribution >= 0.6 is 24.0 Å². The molecule has 1 fully saturated rings. The topological polar surface area (TPSA) is 54.5 Å². The largest absolute Gasteiger partial charge is 0.370 e. The Morgan fingerprint density at radius 1 is 1.09 bits per heavy atom. The summed E-state index contributed by atoms with van der Waals surface area (Å²) >= 11 is 0. The molecule has 0 unspecified atom stereocenters. The molecule has 118 valence electrons. The van der Waals surface area contributed by atoms with Gasteiger partial charge in [-0.2, -0.15) is 0 Å². The van der Waals surface area contributed by atoms with Gasteiger partial charge in [-0.25, -0.2) is 4.99 Å². The highest BCUT2D eigenvalue weighted by Gasteiger charge is 2.10. The van der Waals surface area contributed by atoms with Crippen LogP contribution in [0.2, 0.25) is 0 Å². The summed E-state index contributed by atoms with van der Waals surface area (Å²) in [4.78, 5) is 11.2. The van der Waals surface area contributed by atoms with Gasteiger partial charge in [0.15, 0.2) is 5.96 Å². The van der Waals surface area contributed by atoms with Crippen molar-refractivity contribution in [3.63, 3.8) is 0 Å². The van der Waals surface area contributed by atoms with Gasteiger partial charge in [-0.1, -0.05) is 31.0 Å². The van der Waals surface area contributed by atoms with Crippen molar-refractivity contribution in [3.8, 4) is 0 Å². The molecule has 2 heterocycles. The minimum Gasteiger partial charge on any atom is -0.370 e. The average molecular weight is 410 g/mol. The van der Waals surface area contributed by atoms with E-state index < -0.39 is 0 Å². The smallest absolute Gasteiger partial charge is 0.191 e. The third-order valence-electron chi connectivity index (χ3n) is 4.08. The molecular weight excluding hydrogens is 387 g/mol. The Morgan fingerprint density at radius 3 is 2.59 bits per heavy atom. The first-order chi connectivity index (χ1) is 10.3. The number of fused-ring (bicyclic) bond motifs is 1. The molecule has 0 amide bonds. The number of nitrogens with zero attached hydrogens (tertiary/aromatic N) is 3. The second-order valence-corrected chi connectivity index (χ2v) is 5.56. The van der Waals surface area contributed by atoms with Crippen LogP contribution in [-0.4, -0.2) is 28.9 Å². The number of benzene rings is 1. The molecular formula is C17H23IN4. The molecule has 1 aliphatic rings. The minimum atomic E-state index is 0. The van der Waals surface area contributed by atoms with Gasteiger partial charge in [0.1, 0.15) is 0 Å². The molecule has 0 radical (unpaired) electrons. The zero-order valence-electron chi connectivity index (χ0n) is 12.7. The third kappa shape index (κ3) is 4.09. The lowest BCUT2D eigenvalue weighted by Crippen LogP contribution is -2.38. The van der Waals surface area contributed by atoms with Gasteiger partial charge in [-0.05, 0) is 30.5 Å². The molecule has 0 spiro atoms. The van der Waals surface area contributed by atoms with E-state index in [-0.39, 0.29) is 24.0 Å². The Kier molecular flexibility index (Phi) is 6.42. The highest BCUT2D eigenvalue weighted by molar-refractivity contribution is 14.0. The van der Waals surface area contributed by atoms with E-state index in [4.69, 9.17) is 5.73 Å². The Morgan fingerprint density at radius 2 is 1.82 bits per heavy atom. The van der Waals surface area contributed by atoms with Crippen molar-refractivity contribution < 1.29 is 0 Å². The van der Waals surface area contributed by atoms with Gasteiger partial charge >= 0.3 is 0 Å². The fourth-order valence-corrected chi connectivity index (χ4v) is 2.86. The summed E-state index contributed by atoms with van der Waals surface area (Å²) in [6.45, 7) is 2.68. The molecule has 0 saturated carbocycles. The Balaban J connectivity index is 0.00000176.